The minimum Gasteiger partial charge on any atom is -0.489 e. The average Bonchev–Trinajstić information content (AvgIpc) is 2.59. The molecular formula is C10H12N2O3. The molecule has 15 heavy (non-hydrogen) atoms. The molecule has 1 atom stereocenters. The van der Waals surface area contributed by atoms with Crippen LogP contribution in [0, 0.1) is 10.1 Å². The minimum absolute atomic E-state index is 0.0714. The predicted octanol–water partition coefficient (Wildman–Crippen LogP) is 1.25. The zero-order valence-electron chi connectivity index (χ0n) is 8.18. The molecule has 0 amide bonds. The van der Waals surface area contributed by atoms with E-state index in [1.807, 2.05) is 0 Å². The number of ether oxygens (including phenoxy) is 1. The summed E-state index contributed by atoms with van der Waals surface area (Å²) < 4.78 is 5.55. The first kappa shape index (κ1) is 9.92. The van der Waals surface area contributed by atoms with Gasteiger partial charge in [0.1, 0.15) is 11.9 Å². The lowest BCUT2D eigenvalue weighted by molar-refractivity contribution is -0.384. The second kappa shape index (κ2) is 3.86. The first-order chi connectivity index (χ1) is 7.20. The van der Waals surface area contributed by atoms with Gasteiger partial charge in [0.05, 0.1) is 11.0 Å². The highest BCUT2D eigenvalue weighted by molar-refractivity contribution is 5.46. The lowest BCUT2D eigenvalue weighted by Crippen LogP contribution is -2.17. The molecule has 1 heterocycles. The summed E-state index contributed by atoms with van der Waals surface area (Å²) in [7, 11) is 0. The number of nitrogens with zero attached hydrogens (tertiary/aromatic N) is 1. The Labute approximate surface area is 87.0 Å². The van der Waals surface area contributed by atoms with E-state index in [1.165, 1.54) is 12.1 Å². The molecule has 1 aromatic carbocycles. The molecular weight excluding hydrogens is 196 g/mol. The van der Waals surface area contributed by atoms with Crippen LogP contribution < -0.4 is 10.5 Å². The Morgan fingerprint density at radius 2 is 2.40 bits per heavy atom. The van der Waals surface area contributed by atoms with E-state index in [4.69, 9.17) is 10.5 Å². The van der Waals surface area contributed by atoms with E-state index < -0.39 is 4.92 Å². The van der Waals surface area contributed by atoms with Gasteiger partial charge in [-0.1, -0.05) is 0 Å². The molecule has 0 saturated heterocycles. The molecule has 0 saturated carbocycles. The van der Waals surface area contributed by atoms with Gasteiger partial charge < -0.3 is 10.5 Å². The molecule has 0 bridgehead atoms. The van der Waals surface area contributed by atoms with E-state index in [0.717, 1.165) is 18.4 Å². The molecule has 1 unspecified atom stereocenters. The highest BCUT2D eigenvalue weighted by atomic mass is 16.6. The third kappa shape index (κ3) is 1.92. The van der Waals surface area contributed by atoms with Gasteiger partial charge in [-0.05, 0) is 24.6 Å². The number of non-ortho nitro benzene ring substituents is 1. The van der Waals surface area contributed by atoms with Gasteiger partial charge >= 0.3 is 0 Å². The molecule has 2 N–H and O–H groups in total. The zero-order chi connectivity index (χ0) is 10.8. The highest BCUT2D eigenvalue weighted by Crippen LogP contribution is 2.32. The van der Waals surface area contributed by atoms with Crippen molar-refractivity contribution in [3.63, 3.8) is 0 Å². The van der Waals surface area contributed by atoms with Gasteiger partial charge in [0.15, 0.2) is 0 Å². The van der Waals surface area contributed by atoms with Crippen molar-refractivity contribution < 1.29 is 9.66 Å². The fourth-order valence-electron chi connectivity index (χ4n) is 1.75. The number of fused-ring (bicyclic) bond motifs is 1. The normalized spacial score (nSPS) is 18.3. The van der Waals surface area contributed by atoms with Crippen molar-refractivity contribution in [2.24, 2.45) is 5.73 Å². The molecule has 0 aromatic heterocycles. The molecule has 1 aliphatic heterocycles. The van der Waals surface area contributed by atoms with Crippen LogP contribution in [0.5, 0.6) is 5.75 Å². The van der Waals surface area contributed by atoms with Gasteiger partial charge in [-0.25, -0.2) is 0 Å². The van der Waals surface area contributed by atoms with Crippen LogP contribution in [0.4, 0.5) is 5.69 Å². The SMILES string of the molecule is NCCC1Cc2ccc([N+](=O)[O-])cc2O1. The number of nitro benzene ring substituents is 1. The van der Waals surface area contributed by atoms with E-state index in [0.29, 0.717) is 12.3 Å². The standard InChI is InChI=1S/C10H12N2O3/c11-4-3-9-5-7-1-2-8(12(13)14)6-10(7)15-9/h1-2,6,9H,3-5,11H2. The van der Waals surface area contributed by atoms with Crippen LogP contribution in [0.15, 0.2) is 18.2 Å². The quantitative estimate of drug-likeness (QED) is 0.598. The third-order valence-corrected chi connectivity index (χ3v) is 2.49. The Kier molecular flexibility index (Phi) is 2.55. The van der Waals surface area contributed by atoms with Gasteiger partial charge in [-0.2, -0.15) is 0 Å². The molecule has 0 aliphatic carbocycles. The maximum atomic E-state index is 10.5. The van der Waals surface area contributed by atoms with Gasteiger partial charge in [0.2, 0.25) is 0 Å². The lowest BCUT2D eigenvalue weighted by Gasteiger charge is -2.07. The van der Waals surface area contributed by atoms with Crippen LogP contribution in [0.3, 0.4) is 0 Å². The summed E-state index contributed by atoms with van der Waals surface area (Å²) >= 11 is 0. The fourth-order valence-corrected chi connectivity index (χ4v) is 1.75. The number of hydrogen-bond donors (Lipinski definition) is 1. The van der Waals surface area contributed by atoms with Gasteiger partial charge in [0.25, 0.3) is 5.69 Å². The Hall–Kier alpha value is -1.62. The zero-order valence-corrected chi connectivity index (χ0v) is 8.18. The van der Waals surface area contributed by atoms with E-state index in [9.17, 15) is 10.1 Å². The molecule has 0 fully saturated rings. The Bertz CT molecular complexity index is 392. The van der Waals surface area contributed by atoms with Crippen LogP contribution in [0.2, 0.25) is 0 Å². The Morgan fingerprint density at radius 1 is 1.60 bits per heavy atom. The summed E-state index contributed by atoms with van der Waals surface area (Å²) in [5, 5.41) is 10.5. The summed E-state index contributed by atoms with van der Waals surface area (Å²) in [4.78, 5) is 10.1. The van der Waals surface area contributed by atoms with Crippen molar-refractivity contribution in [1.29, 1.82) is 0 Å². The summed E-state index contributed by atoms with van der Waals surface area (Å²) in [5.41, 5.74) is 6.53. The van der Waals surface area contributed by atoms with Crippen LogP contribution >= 0.6 is 0 Å². The summed E-state index contributed by atoms with van der Waals surface area (Å²) in [6, 6.07) is 4.74. The average molecular weight is 208 g/mol. The van der Waals surface area contributed by atoms with Crippen molar-refractivity contribution in [1.82, 2.24) is 0 Å². The topological polar surface area (TPSA) is 78.4 Å². The van der Waals surface area contributed by atoms with Crippen LogP contribution in [0.1, 0.15) is 12.0 Å². The molecule has 2 rings (SSSR count). The molecule has 5 nitrogen and oxygen atoms in total. The molecule has 1 aromatic rings. The fraction of sp³-hybridized carbons (Fsp3) is 0.400. The monoisotopic (exact) mass is 208 g/mol. The van der Waals surface area contributed by atoms with E-state index in [2.05, 4.69) is 0 Å². The van der Waals surface area contributed by atoms with Crippen molar-refractivity contribution >= 4 is 5.69 Å². The third-order valence-electron chi connectivity index (χ3n) is 2.49. The molecule has 5 heteroatoms. The number of rotatable bonds is 3. The predicted molar refractivity (Wildman–Crippen MR) is 54.9 cm³/mol. The van der Waals surface area contributed by atoms with Gasteiger partial charge in [-0.3, -0.25) is 10.1 Å². The first-order valence-corrected chi connectivity index (χ1v) is 4.84. The smallest absolute Gasteiger partial charge is 0.273 e. The lowest BCUT2D eigenvalue weighted by atomic mass is 10.1. The highest BCUT2D eigenvalue weighted by Gasteiger charge is 2.24. The van der Waals surface area contributed by atoms with Crippen LogP contribution in [0.25, 0.3) is 0 Å². The van der Waals surface area contributed by atoms with Crippen LogP contribution in [-0.4, -0.2) is 17.6 Å². The molecule has 0 radical (unpaired) electrons. The minimum atomic E-state index is -0.417. The number of nitrogens with two attached hydrogens (primary N) is 1. The van der Waals surface area contributed by atoms with Gasteiger partial charge in [0, 0.05) is 12.5 Å². The van der Waals surface area contributed by atoms with Crippen LogP contribution in [-0.2, 0) is 6.42 Å². The summed E-state index contributed by atoms with van der Waals surface area (Å²) in [5.74, 6) is 0.627. The molecule has 1 aliphatic rings. The van der Waals surface area contributed by atoms with E-state index in [-0.39, 0.29) is 11.8 Å². The second-order valence-electron chi connectivity index (χ2n) is 3.57. The van der Waals surface area contributed by atoms with Crippen molar-refractivity contribution in [2.75, 3.05) is 6.54 Å². The van der Waals surface area contributed by atoms with Gasteiger partial charge in [-0.15, -0.1) is 0 Å². The van der Waals surface area contributed by atoms with Crippen molar-refractivity contribution in [2.45, 2.75) is 18.9 Å². The number of benzene rings is 1. The number of nitro groups is 1. The summed E-state index contributed by atoms with van der Waals surface area (Å²) in [6.45, 7) is 0.570. The molecule has 80 valence electrons. The maximum absolute atomic E-state index is 10.5. The number of hydrogen-bond acceptors (Lipinski definition) is 4. The van der Waals surface area contributed by atoms with E-state index in [1.54, 1.807) is 6.07 Å². The largest absolute Gasteiger partial charge is 0.489 e. The Morgan fingerprint density at radius 3 is 3.07 bits per heavy atom. The summed E-state index contributed by atoms with van der Waals surface area (Å²) in [6.07, 6.45) is 1.65. The maximum Gasteiger partial charge on any atom is 0.273 e. The van der Waals surface area contributed by atoms with E-state index >= 15 is 0 Å². The molecule has 0 spiro atoms. The second-order valence-corrected chi connectivity index (χ2v) is 3.57. The first-order valence-electron chi connectivity index (χ1n) is 4.84. The Balaban J connectivity index is 2.20. The van der Waals surface area contributed by atoms with Crippen molar-refractivity contribution in [3.8, 4) is 5.75 Å². The van der Waals surface area contributed by atoms with Crippen molar-refractivity contribution in [3.05, 3.63) is 33.9 Å².